The van der Waals surface area contributed by atoms with Crippen LogP contribution in [0.1, 0.15) is 19.1 Å². The quantitative estimate of drug-likeness (QED) is 0.202. The lowest BCUT2D eigenvalue weighted by Gasteiger charge is -2.41. The van der Waals surface area contributed by atoms with E-state index < -0.39 is 76.5 Å². The third-order valence-corrected chi connectivity index (χ3v) is 7.08. The number of hydrogen-bond acceptors (Lipinski definition) is 15. The highest BCUT2D eigenvalue weighted by molar-refractivity contribution is 7.51. The third-order valence-electron chi connectivity index (χ3n) is 4.96. The van der Waals surface area contributed by atoms with Gasteiger partial charge >= 0.3 is 5.69 Å². The van der Waals surface area contributed by atoms with Crippen LogP contribution in [0.25, 0.3) is 0 Å². The summed E-state index contributed by atoms with van der Waals surface area (Å²) in [7, 11) is -11.4. The highest BCUT2D eigenvalue weighted by Crippen LogP contribution is 2.48. The first kappa shape index (κ1) is 26.6. The van der Waals surface area contributed by atoms with E-state index in [9.17, 15) is 48.4 Å². The maximum atomic E-state index is 12.1. The molecular weight excluding hydrogens is 506 g/mol. The van der Waals surface area contributed by atoms with Crippen LogP contribution in [-0.4, -0.2) is 73.8 Å². The Hall–Kier alpha value is -2.04. The molecule has 1 aromatic heterocycles. The van der Waals surface area contributed by atoms with Gasteiger partial charge < -0.3 is 49.0 Å². The van der Waals surface area contributed by atoms with E-state index in [-0.39, 0.29) is 18.7 Å². The van der Waals surface area contributed by atoms with Crippen molar-refractivity contribution in [1.29, 1.82) is 0 Å². The maximum absolute atomic E-state index is 12.1. The molecule has 0 spiro atoms. The minimum atomic E-state index is -5.80. The molecule has 3 heterocycles. The average Bonchev–Trinajstić information content (AvgIpc) is 3.19. The Labute approximate surface area is 190 Å². The van der Waals surface area contributed by atoms with Gasteiger partial charge in [-0.25, -0.2) is 4.79 Å². The summed E-state index contributed by atoms with van der Waals surface area (Å²) in [5, 5.41) is 20.3. The number of nitrogens with two attached hydrogens (primary N) is 1. The molecule has 0 saturated carbocycles. The van der Waals surface area contributed by atoms with Crippen LogP contribution in [-0.2, 0) is 32.5 Å². The van der Waals surface area contributed by atoms with Gasteiger partial charge in [0.15, 0.2) is 6.23 Å². The molecular formula is C15H19N4O13P2-3. The zero-order valence-corrected chi connectivity index (χ0v) is 18.9. The number of aliphatic hydroxyl groups excluding tert-OH is 2. The number of hydrogen-bond donors (Lipinski definition) is 3. The summed E-state index contributed by atoms with van der Waals surface area (Å²) in [6, 6.07) is 1.20. The van der Waals surface area contributed by atoms with Crippen LogP contribution in [0.2, 0.25) is 0 Å². The van der Waals surface area contributed by atoms with Gasteiger partial charge in [0.25, 0.3) is 7.82 Å². The lowest BCUT2D eigenvalue weighted by Crippen LogP contribution is -2.42. The lowest BCUT2D eigenvalue weighted by molar-refractivity contribution is -0.324. The van der Waals surface area contributed by atoms with E-state index in [1.54, 1.807) is 0 Å². The Morgan fingerprint density at radius 3 is 2.35 bits per heavy atom. The SMILES string of the molecule is Nc1ccn([C@@H]2O[C@H](COP(=O)([O-])OC(CN3C(=O)CCC3=O)P(=O)([O-])[O-])[C@@H](O)[C@H]2O)c(=O)n1. The van der Waals surface area contributed by atoms with Gasteiger partial charge in [-0.1, -0.05) is 0 Å². The number of aliphatic hydroxyl groups is 2. The molecule has 2 fully saturated rings. The number of anilines is 1. The predicted molar refractivity (Wildman–Crippen MR) is 101 cm³/mol. The highest BCUT2D eigenvalue weighted by atomic mass is 31.2. The molecule has 0 radical (unpaired) electrons. The van der Waals surface area contributed by atoms with Crippen LogP contribution in [0.15, 0.2) is 17.1 Å². The lowest BCUT2D eigenvalue weighted by atomic mass is 10.1. The van der Waals surface area contributed by atoms with Gasteiger partial charge in [-0.15, -0.1) is 0 Å². The molecule has 2 unspecified atom stereocenters. The van der Waals surface area contributed by atoms with Crippen molar-refractivity contribution < 1.29 is 57.4 Å². The maximum Gasteiger partial charge on any atom is 0.351 e. The van der Waals surface area contributed by atoms with Crippen LogP contribution in [0.5, 0.6) is 0 Å². The number of ether oxygens (including phenoxy) is 1. The molecule has 0 aliphatic carbocycles. The second-order valence-corrected chi connectivity index (χ2v) is 10.3. The van der Waals surface area contributed by atoms with E-state index in [2.05, 4.69) is 14.0 Å². The van der Waals surface area contributed by atoms with Gasteiger partial charge in [0.2, 0.25) is 11.8 Å². The fraction of sp³-hybridized carbons (Fsp3) is 0.600. The second-order valence-electron chi connectivity index (χ2n) is 7.33. The topological polar surface area (TPSA) is 270 Å². The molecule has 2 aliphatic rings. The van der Waals surface area contributed by atoms with E-state index in [0.717, 1.165) is 10.8 Å². The van der Waals surface area contributed by atoms with Crippen molar-refractivity contribution in [3.05, 3.63) is 22.7 Å². The van der Waals surface area contributed by atoms with Crippen LogP contribution in [0, 0.1) is 0 Å². The number of nitrogen functional groups attached to an aromatic ring is 1. The van der Waals surface area contributed by atoms with Gasteiger partial charge in [-0.2, -0.15) is 4.98 Å². The number of carbonyl (C=O) groups is 2. The van der Waals surface area contributed by atoms with Crippen molar-refractivity contribution in [2.45, 2.75) is 43.2 Å². The van der Waals surface area contributed by atoms with E-state index in [4.69, 9.17) is 10.5 Å². The van der Waals surface area contributed by atoms with Gasteiger partial charge in [0.1, 0.15) is 30.0 Å². The Morgan fingerprint density at radius 1 is 1.18 bits per heavy atom. The zero-order valence-electron chi connectivity index (χ0n) is 17.1. The second kappa shape index (κ2) is 9.91. The molecule has 6 atom stereocenters. The normalized spacial score (nSPS) is 28.3. The first-order valence-corrected chi connectivity index (χ1v) is 12.6. The molecule has 2 saturated heterocycles. The fourth-order valence-electron chi connectivity index (χ4n) is 3.23. The van der Waals surface area contributed by atoms with Crippen molar-refractivity contribution >= 4 is 33.1 Å². The van der Waals surface area contributed by atoms with Crippen molar-refractivity contribution in [2.75, 3.05) is 18.9 Å². The molecule has 2 amide bonds. The minimum Gasteiger partial charge on any atom is -0.809 e. The molecule has 34 heavy (non-hydrogen) atoms. The number of likely N-dealkylation sites (tertiary alicyclic amines) is 1. The highest BCUT2D eigenvalue weighted by Gasteiger charge is 2.45. The van der Waals surface area contributed by atoms with E-state index in [1.165, 1.54) is 6.07 Å². The van der Waals surface area contributed by atoms with Gasteiger partial charge in [-0.05, 0) is 13.7 Å². The van der Waals surface area contributed by atoms with Crippen LogP contribution in [0.3, 0.4) is 0 Å². The fourth-order valence-corrected chi connectivity index (χ4v) is 5.16. The number of amides is 2. The summed E-state index contributed by atoms with van der Waals surface area (Å²) in [6.07, 6.45) is -5.93. The Bertz CT molecular complexity index is 1090. The standard InChI is InChI=1S/C15H22N4O13P2/c16-8-3-4-18(15(24)17-8)14-13(23)12(22)7(31-14)6-30-34(28,29)32-11(33(25,26)27)5-19-9(20)1-2-10(19)21/h3-4,7,11-14,22-23H,1-2,5-6H2,(H,28,29)(H2,16,17,24)(H2,25,26,27)/p-3/t7-,11?,12-,13-,14-/m1/s1. The molecule has 1 aromatic rings. The van der Waals surface area contributed by atoms with E-state index >= 15 is 0 Å². The van der Waals surface area contributed by atoms with Crippen LogP contribution >= 0.6 is 15.4 Å². The molecule has 2 aliphatic heterocycles. The van der Waals surface area contributed by atoms with Crippen molar-refractivity contribution in [2.24, 2.45) is 0 Å². The Morgan fingerprint density at radius 2 is 1.79 bits per heavy atom. The Balaban J connectivity index is 1.66. The number of aromatic nitrogens is 2. The summed E-state index contributed by atoms with van der Waals surface area (Å²) in [5.74, 6) is -4.42. The van der Waals surface area contributed by atoms with Gasteiger partial charge in [0, 0.05) is 19.0 Å². The largest absolute Gasteiger partial charge is 0.809 e. The number of phosphoric acid groups is 1. The smallest absolute Gasteiger partial charge is 0.351 e. The molecule has 17 nitrogen and oxygen atoms in total. The summed E-state index contributed by atoms with van der Waals surface area (Å²) >= 11 is 0. The summed E-state index contributed by atoms with van der Waals surface area (Å²) in [4.78, 5) is 74.1. The first-order valence-electron chi connectivity index (χ1n) is 9.55. The molecule has 0 bridgehead atoms. The van der Waals surface area contributed by atoms with E-state index in [0.29, 0.717) is 4.90 Å². The zero-order chi connectivity index (χ0) is 25.4. The number of phosphoric ester groups is 1. The molecule has 3 rings (SSSR count). The number of imide groups is 1. The number of nitrogens with zero attached hydrogens (tertiary/aromatic N) is 3. The van der Waals surface area contributed by atoms with Crippen molar-refractivity contribution in [1.82, 2.24) is 14.5 Å². The first-order chi connectivity index (χ1) is 15.7. The monoisotopic (exact) mass is 525 g/mol. The minimum absolute atomic E-state index is 0.125. The van der Waals surface area contributed by atoms with Crippen molar-refractivity contribution in [3.8, 4) is 0 Å². The predicted octanol–water partition coefficient (Wildman–Crippen LogP) is -4.66. The molecule has 0 aromatic carbocycles. The summed E-state index contributed by atoms with van der Waals surface area (Å²) < 4.78 is 38.4. The average molecular weight is 525 g/mol. The van der Waals surface area contributed by atoms with E-state index in [1.807, 2.05) is 0 Å². The summed E-state index contributed by atoms with van der Waals surface area (Å²) in [6.45, 7) is -2.18. The number of rotatable bonds is 9. The molecule has 190 valence electrons. The van der Waals surface area contributed by atoms with Crippen LogP contribution in [0.4, 0.5) is 5.82 Å². The van der Waals surface area contributed by atoms with Crippen molar-refractivity contribution in [3.63, 3.8) is 0 Å². The summed E-state index contributed by atoms with van der Waals surface area (Å²) in [5.41, 5.74) is 4.43. The van der Waals surface area contributed by atoms with Gasteiger partial charge in [0.05, 0.1) is 13.2 Å². The molecule has 4 N–H and O–H groups in total. The van der Waals surface area contributed by atoms with Gasteiger partial charge in [-0.3, -0.25) is 23.6 Å². The van der Waals surface area contributed by atoms with Crippen LogP contribution < -0.4 is 26.1 Å². The third kappa shape index (κ3) is 5.95. The Kier molecular flexibility index (Phi) is 7.74. The number of carbonyl (C=O) groups excluding carboxylic acids is 2. The molecule has 19 heteroatoms.